The molecule has 4 aromatic rings. The molecule has 2 amide bonds. The van der Waals surface area contributed by atoms with Crippen molar-refractivity contribution in [2.24, 2.45) is 0 Å². The van der Waals surface area contributed by atoms with Crippen LogP contribution in [-0.4, -0.2) is 29.7 Å². The van der Waals surface area contributed by atoms with Crippen LogP contribution >= 0.6 is 0 Å². The quantitative estimate of drug-likeness (QED) is 0.468. The van der Waals surface area contributed by atoms with Gasteiger partial charge in [-0.05, 0) is 72.5 Å². The van der Waals surface area contributed by atoms with E-state index in [9.17, 15) is 4.79 Å². The molecule has 156 valence electrons. The summed E-state index contributed by atoms with van der Waals surface area (Å²) in [6.07, 6.45) is 4.23. The molecule has 31 heavy (non-hydrogen) atoms. The Hall–Kier alpha value is -3.93. The third kappa shape index (κ3) is 5.17. The van der Waals surface area contributed by atoms with Crippen LogP contribution < -0.4 is 15.4 Å². The minimum absolute atomic E-state index is 0.225. The van der Waals surface area contributed by atoms with Gasteiger partial charge in [0, 0.05) is 29.5 Å². The average Bonchev–Trinajstić information content (AvgIpc) is 2.79. The summed E-state index contributed by atoms with van der Waals surface area (Å²) >= 11 is 0. The summed E-state index contributed by atoms with van der Waals surface area (Å²) in [6, 6.07) is 19.6. The maximum absolute atomic E-state index is 12.2. The average molecular weight is 412 g/mol. The van der Waals surface area contributed by atoms with Gasteiger partial charge in [-0.1, -0.05) is 18.2 Å². The molecule has 0 fully saturated rings. The van der Waals surface area contributed by atoms with E-state index >= 15 is 0 Å². The van der Waals surface area contributed by atoms with E-state index < -0.39 is 0 Å². The molecule has 0 unspecified atom stereocenters. The molecule has 6 nitrogen and oxygen atoms in total. The number of amides is 2. The molecule has 2 N–H and O–H groups in total. The largest absolute Gasteiger partial charge is 0.495 e. The monoisotopic (exact) mass is 412 g/mol. The minimum Gasteiger partial charge on any atom is -0.495 e. The number of anilines is 1. The Labute approximate surface area is 181 Å². The van der Waals surface area contributed by atoms with Crippen LogP contribution in [0.25, 0.3) is 22.0 Å². The van der Waals surface area contributed by atoms with Gasteiger partial charge in [-0.2, -0.15) is 0 Å². The van der Waals surface area contributed by atoms with Gasteiger partial charge in [0.1, 0.15) is 5.75 Å². The van der Waals surface area contributed by atoms with Gasteiger partial charge >= 0.3 is 6.03 Å². The lowest BCUT2D eigenvalue weighted by Crippen LogP contribution is -2.30. The van der Waals surface area contributed by atoms with Crippen LogP contribution in [0.3, 0.4) is 0 Å². The standard InChI is InChI=1S/C25H24N4O2/c1-17-13-20(10-12-26-17)19-4-6-22(7-5-19)29-25(30)27-11-9-18-3-8-24-21(14-18)15-23(31-2)16-28-24/h3-8,10,12-16H,9,11H2,1-2H3,(H2,27,29,30). The fourth-order valence-electron chi connectivity index (χ4n) is 3.39. The lowest BCUT2D eigenvalue weighted by Gasteiger charge is -2.09. The van der Waals surface area contributed by atoms with Gasteiger partial charge in [0.2, 0.25) is 0 Å². The summed E-state index contributed by atoms with van der Waals surface area (Å²) in [7, 11) is 1.63. The third-order valence-corrected chi connectivity index (χ3v) is 5.03. The van der Waals surface area contributed by atoms with Gasteiger partial charge in [0.25, 0.3) is 0 Å². The maximum Gasteiger partial charge on any atom is 0.319 e. The predicted molar refractivity (Wildman–Crippen MR) is 123 cm³/mol. The summed E-state index contributed by atoms with van der Waals surface area (Å²) in [5.41, 5.74) is 5.95. The zero-order chi connectivity index (χ0) is 21.6. The van der Waals surface area contributed by atoms with Crippen LogP contribution in [0.5, 0.6) is 5.75 Å². The summed E-state index contributed by atoms with van der Waals surface area (Å²) in [5.74, 6) is 0.729. The Morgan fingerprint density at radius 3 is 2.58 bits per heavy atom. The smallest absolute Gasteiger partial charge is 0.319 e. The molecule has 0 saturated heterocycles. The van der Waals surface area contributed by atoms with E-state index in [4.69, 9.17) is 4.74 Å². The van der Waals surface area contributed by atoms with Gasteiger partial charge in [-0.3, -0.25) is 9.97 Å². The molecule has 2 aromatic heterocycles. The Morgan fingerprint density at radius 1 is 0.968 bits per heavy atom. The number of aryl methyl sites for hydroxylation is 1. The van der Waals surface area contributed by atoms with E-state index in [0.717, 1.165) is 51.1 Å². The molecule has 0 spiro atoms. The molecule has 0 bridgehead atoms. The number of benzene rings is 2. The molecule has 0 aliphatic rings. The highest BCUT2D eigenvalue weighted by atomic mass is 16.5. The number of urea groups is 1. The first-order valence-electron chi connectivity index (χ1n) is 10.1. The second-order valence-corrected chi connectivity index (χ2v) is 7.30. The third-order valence-electron chi connectivity index (χ3n) is 5.03. The topological polar surface area (TPSA) is 76.1 Å². The first-order valence-corrected chi connectivity index (χ1v) is 10.1. The van der Waals surface area contributed by atoms with Gasteiger partial charge < -0.3 is 15.4 Å². The molecule has 2 aromatic carbocycles. The van der Waals surface area contributed by atoms with E-state index in [0.29, 0.717) is 6.54 Å². The Balaban J connectivity index is 1.30. The molecule has 0 saturated carbocycles. The molecule has 4 rings (SSSR count). The van der Waals surface area contributed by atoms with E-state index in [1.54, 1.807) is 19.5 Å². The number of ether oxygens (including phenoxy) is 1. The molecule has 0 aliphatic heterocycles. The highest BCUT2D eigenvalue weighted by Gasteiger charge is 2.04. The number of nitrogens with one attached hydrogen (secondary N) is 2. The number of hydrogen-bond donors (Lipinski definition) is 2. The molecular weight excluding hydrogens is 388 g/mol. The first-order chi connectivity index (χ1) is 15.1. The lowest BCUT2D eigenvalue weighted by molar-refractivity contribution is 0.252. The normalized spacial score (nSPS) is 10.6. The van der Waals surface area contributed by atoms with Gasteiger partial charge in [-0.25, -0.2) is 4.79 Å². The number of fused-ring (bicyclic) bond motifs is 1. The number of aromatic nitrogens is 2. The van der Waals surface area contributed by atoms with Crippen LogP contribution in [0.1, 0.15) is 11.3 Å². The molecule has 0 radical (unpaired) electrons. The van der Waals surface area contributed by atoms with Crippen LogP contribution in [0.2, 0.25) is 0 Å². The molecular formula is C25H24N4O2. The molecule has 6 heteroatoms. The number of carbonyl (C=O) groups excluding carboxylic acids is 1. The second kappa shape index (κ2) is 9.26. The summed E-state index contributed by atoms with van der Waals surface area (Å²) in [5, 5.41) is 6.80. The number of hydrogen-bond acceptors (Lipinski definition) is 4. The Kier molecular flexibility index (Phi) is 6.08. The number of methoxy groups -OCH3 is 1. The van der Waals surface area contributed by atoms with Gasteiger partial charge in [0.05, 0.1) is 18.8 Å². The summed E-state index contributed by atoms with van der Waals surface area (Å²) in [6.45, 7) is 2.50. The van der Waals surface area contributed by atoms with Crippen molar-refractivity contribution in [1.82, 2.24) is 15.3 Å². The van der Waals surface area contributed by atoms with Crippen molar-refractivity contribution in [1.29, 1.82) is 0 Å². The number of pyridine rings is 2. The van der Waals surface area contributed by atoms with Crippen LogP contribution in [-0.2, 0) is 6.42 Å². The fourth-order valence-corrected chi connectivity index (χ4v) is 3.39. The summed E-state index contributed by atoms with van der Waals surface area (Å²) in [4.78, 5) is 20.8. The predicted octanol–water partition coefficient (Wildman–Crippen LogP) is 4.98. The molecule has 0 atom stereocenters. The first kappa shape index (κ1) is 20.3. The highest BCUT2D eigenvalue weighted by Crippen LogP contribution is 2.22. The Morgan fingerprint density at radius 2 is 1.81 bits per heavy atom. The number of carbonyl (C=O) groups is 1. The fraction of sp³-hybridized carbons (Fsp3) is 0.160. The van der Waals surface area contributed by atoms with E-state index in [2.05, 4.69) is 26.7 Å². The van der Waals surface area contributed by atoms with Gasteiger partial charge in [-0.15, -0.1) is 0 Å². The lowest BCUT2D eigenvalue weighted by atomic mass is 10.1. The van der Waals surface area contributed by atoms with E-state index in [1.165, 1.54) is 0 Å². The highest BCUT2D eigenvalue weighted by molar-refractivity contribution is 5.89. The van der Waals surface area contributed by atoms with Crippen molar-refractivity contribution in [3.63, 3.8) is 0 Å². The van der Waals surface area contributed by atoms with E-state index in [-0.39, 0.29) is 6.03 Å². The number of rotatable bonds is 6. The van der Waals surface area contributed by atoms with Crippen molar-refractivity contribution in [2.45, 2.75) is 13.3 Å². The maximum atomic E-state index is 12.2. The van der Waals surface area contributed by atoms with Gasteiger partial charge in [0.15, 0.2) is 0 Å². The van der Waals surface area contributed by atoms with Crippen LogP contribution in [0.4, 0.5) is 10.5 Å². The van der Waals surface area contributed by atoms with Crippen molar-refractivity contribution >= 4 is 22.6 Å². The zero-order valence-electron chi connectivity index (χ0n) is 17.6. The number of nitrogens with zero attached hydrogens (tertiary/aromatic N) is 2. The van der Waals surface area contributed by atoms with Crippen LogP contribution in [0, 0.1) is 6.92 Å². The van der Waals surface area contributed by atoms with Crippen LogP contribution in [0.15, 0.2) is 73.1 Å². The van der Waals surface area contributed by atoms with Crippen molar-refractivity contribution in [3.8, 4) is 16.9 Å². The second-order valence-electron chi connectivity index (χ2n) is 7.30. The summed E-state index contributed by atoms with van der Waals surface area (Å²) < 4.78 is 5.24. The molecule has 0 aliphatic carbocycles. The molecule has 2 heterocycles. The van der Waals surface area contributed by atoms with E-state index in [1.807, 2.05) is 61.5 Å². The minimum atomic E-state index is -0.225. The van der Waals surface area contributed by atoms with Crippen molar-refractivity contribution in [3.05, 3.63) is 84.3 Å². The Bertz CT molecular complexity index is 1210. The van der Waals surface area contributed by atoms with Crippen molar-refractivity contribution in [2.75, 3.05) is 19.0 Å². The SMILES string of the molecule is COc1cnc2ccc(CCNC(=O)Nc3ccc(-c4ccnc(C)c4)cc3)cc2c1. The van der Waals surface area contributed by atoms with Crippen molar-refractivity contribution < 1.29 is 9.53 Å². The zero-order valence-corrected chi connectivity index (χ0v) is 17.6.